The number of nitrogens with one attached hydrogen (secondary N) is 1. The van der Waals surface area contributed by atoms with Crippen LogP contribution in [0.25, 0.3) is 0 Å². The van der Waals surface area contributed by atoms with Crippen molar-refractivity contribution in [2.75, 3.05) is 13.2 Å². The highest BCUT2D eigenvalue weighted by Gasteiger charge is 2.46. The van der Waals surface area contributed by atoms with Crippen LogP contribution in [0.1, 0.15) is 13.8 Å². The number of morpholine rings is 1. The Morgan fingerprint density at radius 2 is 2.10 bits per heavy atom. The molecule has 0 bridgehead atoms. The normalized spacial score (nSPS) is 53.4. The van der Waals surface area contributed by atoms with Crippen molar-refractivity contribution in [1.82, 2.24) is 5.32 Å². The Kier molecular flexibility index (Phi) is 1.46. The van der Waals surface area contributed by atoms with Gasteiger partial charge in [-0.25, -0.2) is 0 Å². The molecule has 0 aromatic heterocycles. The molecule has 4 atom stereocenters. The monoisotopic (exact) mass is 141 g/mol. The zero-order valence-electron chi connectivity index (χ0n) is 6.63. The third-order valence-electron chi connectivity index (χ3n) is 3.06. The minimum Gasteiger partial charge on any atom is -0.375 e. The van der Waals surface area contributed by atoms with Crippen molar-refractivity contribution >= 4 is 0 Å². The maximum atomic E-state index is 5.60. The predicted octanol–water partition coefficient (Wildman–Crippen LogP) is 0.629. The van der Waals surface area contributed by atoms with E-state index in [1.807, 2.05) is 0 Å². The fourth-order valence-corrected chi connectivity index (χ4v) is 2.09. The fourth-order valence-electron chi connectivity index (χ4n) is 2.09. The third kappa shape index (κ3) is 0.722. The van der Waals surface area contributed by atoms with Crippen molar-refractivity contribution in [2.45, 2.75) is 26.0 Å². The molecule has 10 heavy (non-hydrogen) atoms. The van der Waals surface area contributed by atoms with E-state index in [1.54, 1.807) is 0 Å². The van der Waals surface area contributed by atoms with E-state index in [4.69, 9.17) is 4.74 Å². The molecule has 0 aromatic rings. The van der Waals surface area contributed by atoms with E-state index in [-0.39, 0.29) is 0 Å². The van der Waals surface area contributed by atoms with E-state index >= 15 is 0 Å². The van der Waals surface area contributed by atoms with Gasteiger partial charge in [0.15, 0.2) is 0 Å². The highest BCUT2D eigenvalue weighted by molar-refractivity contribution is 5.00. The van der Waals surface area contributed by atoms with Gasteiger partial charge in [0.2, 0.25) is 0 Å². The van der Waals surface area contributed by atoms with Gasteiger partial charge in [0.1, 0.15) is 0 Å². The molecule has 2 rings (SSSR count). The van der Waals surface area contributed by atoms with Gasteiger partial charge in [-0.15, -0.1) is 0 Å². The minimum absolute atomic E-state index is 0.517. The second-order valence-corrected chi connectivity index (χ2v) is 3.53. The standard InChI is InChI=1S/C8H15NO/c1-5-6(2)8-7(5)9-3-4-10-8/h5-9H,3-4H2,1-2H3/t5?,6?,7-,8?/m1/s1. The van der Waals surface area contributed by atoms with E-state index in [0.29, 0.717) is 12.1 Å². The summed E-state index contributed by atoms with van der Waals surface area (Å²) in [6, 6.07) is 0.656. The van der Waals surface area contributed by atoms with Crippen molar-refractivity contribution in [3.63, 3.8) is 0 Å². The molecule has 1 aliphatic heterocycles. The van der Waals surface area contributed by atoms with Gasteiger partial charge in [0, 0.05) is 12.6 Å². The molecular formula is C8H15NO. The molecule has 0 spiro atoms. The Hall–Kier alpha value is -0.0800. The minimum atomic E-state index is 0.517. The predicted molar refractivity (Wildman–Crippen MR) is 39.9 cm³/mol. The van der Waals surface area contributed by atoms with Gasteiger partial charge in [-0.1, -0.05) is 13.8 Å². The molecule has 1 saturated carbocycles. The van der Waals surface area contributed by atoms with Gasteiger partial charge in [-0.3, -0.25) is 0 Å². The number of rotatable bonds is 0. The quantitative estimate of drug-likeness (QED) is 0.534. The van der Waals surface area contributed by atoms with Crippen LogP contribution < -0.4 is 5.32 Å². The molecule has 3 unspecified atom stereocenters. The van der Waals surface area contributed by atoms with Crippen LogP contribution in [-0.2, 0) is 4.74 Å². The molecule has 2 heteroatoms. The fraction of sp³-hybridized carbons (Fsp3) is 1.00. The van der Waals surface area contributed by atoms with Crippen molar-refractivity contribution in [1.29, 1.82) is 0 Å². The van der Waals surface area contributed by atoms with E-state index in [1.165, 1.54) is 0 Å². The zero-order valence-corrected chi connectivity index (χ0v) is 6.63. The van der Waals surface area contributed by atoms with Gasteiger partial charge in [0.05, 0.1) is 12.7 Å². The van der Waals surface area contributed by atoms with Gasteiger partial charge < -0.3 is 10.1 Å². The van der Waals surface area contributed by atoms with Crippen LogP contribution in [0.3, 0.4) is 0 Å². The highest BCUT2D eigenvalue weighted by Crippen LogP contribution is 2.37. The zero-order chi connectivity index (χ0) is 7.14. The summed E-state index contributed by atoms with van der Waals surface area (Å²) in [5.74, 6) is 1.57. The molecule has 0 aromatic carbocycles. The molecular weight excluding hydrogens is 126 g/mol. The van der Waals surface area contributed by atoms with Gasteiger partial charge in [-0.05, 0) is 11.8 Å². The Morgan fingerprint density at radius 1 is 1.30 bits per heavy atom. The van der Waals surface area contributed by atoms with Gasteiger partial charge in [-0.2, -0.15) is 0 Å². The van der Waals surface area contributed by atoms with Crippen molar-refractivity contribution in [3.8, 4) is 0 Å². The first-order chi connectivity index (χ1) is 4.80. The maximum absolute atomic E-state index is 5.60. The molecule has 0 radical (unpaired) electrons. The average molecular weight is 141 g/mol. The van der Waals surface area contributed by atoms with Crippen LogP contribution in [0.5, 0.6) is 0 Å². The summed E-state index contributed by atoms with van der Waals surface area (Å²) in [4.78, 5) is 0. The van der Waals surface area contributed by atoms with Crippen LogP contribution in [-0.4, -0.2) is 25.3 Å². The van der Waals surface area contributed by atoms with Crippen molar-refractivity contribution < 1.29 is 4.74 Å². The molecule has 1 aliphatic carbocycles. The molecule has 1 N–H and O–H groups in total. The van der Waals surface area contributed by atoms with E-state index in [9.17, 15) is 0 Å². The maximum Gasteiger partial charge on any atom is 0.0759 e. The van der Waals surface area contributed by atoms with E-state index < -0.39 is 0 Å². The highest BCUT2D eigenvalue weighted by atomic mass is 16.5. The average Bonchev–Trinajstić information content (AvgIpc) is 2.03. The van der Waals surface area contributed by atoms with Crippen LogP contribution in [0.4, 0.5) is 0 Å². The molecule has 1 heterocycles. The number of fused-ring (bicyclic) bond motifs is 1. The summed E-state index contributed by atoms with van der Waals surface area (Å²) >= 11 is 0. The number of hydrogen-bond acceptors (Lipinski definition) is 2. The summed E-state index contributed by atoms with van der Waals surface area (Å²) in [7, 11) is 0. The summed E-state index contributed by atoms with van der Waals surface area (Å²) in [6.07, 6.45) is 0.517. The Morgan fingerprint density at radius 3 is 2.80 bits per heavy atom. The molecule has 0 amide bonds. The first-order valence-corrected chi connectivity index (χ1v) is 4.15. The molecule has 2 aliphatic rings. The topological polar surface area (TPSA) is 21.3 Å². The lowest BCUT2D eigenvalue weighted by molar-refractivity contribution is -0.128. The van der Waals surface area contributed by atoms with E-state index in [0.717, 1.165) is 25.0 Å². The molecule has 58 valence electrons. The van der Waals surface area contributed by atoms with Crippen LogP contribution in [0, 0.1) is 11.8 Å². The molecule has 2 nitrogen and oxygen atoms in total. The number of ether oxygens (including phenoxy) is 1. The van der Waals surface area contributed by atoms with Crippen molar-refractivity contribution in [3.05, 3.63) is 0 Å². The smallest absolute Gasteiger partial charge is 0.0759 e. The Balaban J connectivity index is 2.00. The van der Waals surface area contributed by atoms with E-state index in [2.05, 4.69) is 19.2 Å². The third-order valence-corrected chi connectivity index (χ3v) is 3.06. The lowest BCUT2D eigenvalue weighted by atomic mass is 9.68. The number of hydrogen-bond donors (Lipinski definition) is 1. The van der Waals surface area contributed by atoms with Gasteiger partial charge >= 0.3 is 0 Å². The lowest BCUT2D eigenvalue weighted by Gasteiger charge is -2.51. The molecule has 1 saturated heterocycles. The summed E-state index contributed by atoms with van der Waals surface area (Å²) < 4.78 is 5.60. The van der Waals surface area contributed by atoms with Gasteiger partial charge in [0.25, 0.3) is 0 Å². The van der Waals surface area contributed by atoms with Crippen molar-refractivity contribution in [2.24, 2.45) is 11.8 Å². The van der Waals surface area contributed by atoms with Crippen LogP contribution in [0.2, 0.25) is 0 Å². The first-order valence-electron chi connectivity index (χ1n) is 4.15. The summed E-state index contributed by atoms with van der Waals surface area (Å²) in [5.41, 5.74) is 0. The lowest BCUT2D eigenvalue weighted by Crippen LogP contribution is -2.65. The largest absolute Gasteiger partial charge is 0.375 e. The SMILES string of the molecule is CC1C(C)[C@H]2NCCOC12. The summed E-state index contributed by atoms with van der Waals surface area (Å²) in [5, 5.41) is 3.47. The second-order valence-electron chi connectivity index (χ2n) is 3.53. The summed E-state index contributed by atoms with van der Waals surface area (Å²) in [6.45, 7) is 6.52. The van der Waals surface area contributed by atoms with Crippen LogP contribution >= 0.6 is 0 Å². The Bertz CT molecular complexity index is 121. The second kappa shape index (κ2) is 2.21. The first kappa shape index (κ1) is 6.62. The Labute approximate surface area is 61.9 Å². The van der Waals surface area contributed by atoms with Crippen LogP contribution in [0.15, 0.2) is 0 Å². The molecule has 2 fully saturated rings.